The topological polar surface area (TPSA) is 105 Å². The van der Waals surface area contributed by atoms with Crippen LogP contribution in [-0.2, 0) is 9.47 Å². The Bertz CT molecular complexity index is 1420. The molecule has 1 unspecified atom stereocenters. The summed E-state index contributed by atoms with van der Waals surface area (Å²) in [7, 11) is 1.97. The van der Waals surface area contributed by atoms with E-state index in [0.29, 0.717) is 55.7 Å². The molecule has 2 fully saturated rings. The van der Waals surface area contributed by atoms with Crippen LogP contribution < -0.4 is 15.8 Å². The van der Waals surface area contributed by atoms with Crippen LogP contribution in [0.5, 0.6) is 0 Å². The standard InChI is InChI=1S/C28H34N4O5/c1-17-10-21(19(3)29-22-9-7-6-8-20(22)26(34)35)24-30-23(18(2)25(33)32(24)11-17)31(5)12-28-15-36-13-27(28,4)14-37-16-28/h6-11,19,29H,12-16H2,1-5H3,(H,34,35). The van der Waals surface area contributed by atoms with Gasteiger partial charge in [0.2, 0.25) is 0 Å². The number of fused-ring (bicyclic) bond motifs is 2. The molecule has 5 rings (SSSR count). The van der Waals surface area contributed by atoms with E-state index >= 15 is 0 Å². The van der Waals surface area contributed by atoms with E-state index in [1.165, 1.54) is 0 Å². The molecule has 37 heavy (non-hydrogen) atoms. The van der Waals surface area contributed by atoms with Gasteiger partial charge in [0.05, 0.1) is 43.6 Å². The molecule has 2 aliphatic heterocycles. The van der Waals surface area contributed by atoms with Crippen LogP contribution in [0.2, 0.25) is 0 Å². The Morgan fingerprint density at radius 3 is 2.57 bits per heavy atom. The van der Waals surface area contributed by atoms with Crippen LogP contribution in [0, 0.1) is 24.7 Å². The van der Waals surface area contributed by atoms with Gasteiger partial charge in [-0.15, -0.1) is 0 Å². The Morgan fingerprint density at radius 1 is 1.22 bits per heavy atom. The predicted molar refractivity (Wildman–Crippen MR) is 142 cm³/mol. The van der Waals surface area contributed by atoms with E-state index in [1.807, 2.05) is 33.9 Å². The third-order valence-electron chi connectivity index (χ3n) is 8.06. The van der Waals surface area contributed by atoms with E-state index in [1.54, 1.807) is 34.9 Å². The fourth-order valence-electron chi connectivity index (χ4n) is 5.77. The van der Waals surface area contributed by atoms with Crippen molar-refractivity contribution in [2.24, 2.45) is 10.8 Å². The summed E-state index contributed by atoms with van der Waals surface area (Å²) in [6, 6.07) is 8.48. The van der Waals surface area contributed by atoms with Gasteiger partial charge in [-0.25, -0.2) is 9.78 Å². The van der Waals surface area contributed by atoms with E-state index in [9.17, 15) is 14.7 Å². The average Bonchev–Trinajstić information content (AvgIpc) is 3.32. The number of carbonyl (C=O) groups is 1. The van der Waals surface area contributed by atoms with Crippen LogP contribution in [-0.4, -0.2) is 60.5 Å². The quantitative estimate of drug-likeness (QED) is 0.500. The number of nitrogens with zero attached hydrogens (tertiary/aromatic N) is 3. The molecule has 1 aromatic carbocycles. The number of benzene rings is 1. The van der Waals surface area contributed by atoms with Crippen LogP contribution >= 0.6 is 0 Å². The molecule has 0 amide bonds. The monoisotopic (exact) mass is 506 g/mol. The van der Waals surface area contributed by atoms with E-state index in [0.717, 1.165) is 11.1 Å². The molecule has 0 bridgehead atoms. The molecule has 1 atom stereocenters. The van der Waals surface area contributed by atoms with Gasteiger partial charge in [-0.3, -0.25) is 9.20 Å². The fraction of sp³-hybridized carbons (Fsp3) is 0.464. The maximum Gasteiger partial charge on any atom is 0.337 e. The zero-order valence-electron chi connectivity index (χ0n) is 22.0. The van der Waals surface area contributed by atoms with Gasteiger partial charge in [0, 0.05) is 41.9 Å². The molecular weight excluding hydrogens is 472 g/mol. The van der Waals surface area contributed by atoms with Crippen molar-refractivity contribution >= 4 is 23.1 Å². The van der Waals surface area contributed by atoms with Crippen LogP contribution in [0.25, 0.3) is 5.65 Å². The molecule has 2 saturated heterocycles. The molecule has 9 nitrogen and oxygen atoms in total. The SMILES string of the molecule is Cc1cc(C(C)Nc2ccccc2C(=O)O)c2nc(N(C)CC34COCC3(C)COC4)c(C)c(=O)n2c1. The van der Waals surface area contributed by atoms with Crippen molar-refractivity contribution in [3.8, 4) is 0 Å². The molecule has 4 heterocycles. The van der Waals surface area contributed by atoms with Crippen LogP contribution in [0.15, 0.2) is 41.3 Å². The van der Waals surface area contributed by atoms with Crippen molar-refractivity contribution < 1.29 is 19.4 Å². The van der Waals surface area contributed by atoms with E-state index in [-0.39, 0.29) is 28.0 Å². The van der Waals surface area contributed by atoms with Crippen LogP contribution in [0.3, 0.4) is 0 Å². The lowest BCUT2D eigenvalue weighted by Gasteiger charge is -2.37. The Balaban J connectivity index is 1.56. The minimum Gasteiger partial charge on any atom is -0.478 e. The molecule has 9 heteroatoms. The lowest BCUT2D eigenvalue weighted by atomic mass is 9.69. The summed E-state index contributed by atoms with van der Waals surface area (Å²) in [6.07, 6.45) is 1.80. The number of para-hydroxylation sites is 1. The first kappa shape index (κ1) is 25.2. The van der Waals surface area contributed by atoms with Gasteiger partial charge in [0.1, 0.15) is 11.5 Å². The number of anilines is 2. The number of carboxylic acid groups (broad SMARTS) is 1. The Kier molecular flexibility index (Phi) is 6.24. The third kappa shape index (κ3) is 4.16. The molecule has 2 aliphatic rings. The van der Waals surface area contributed by atoms with Gasteiger partial charge in [-0.2, -0.15) is 0 Å². The molecule has 0 saturated carbocycles. The summed E-state index contributed by atoms with van der Waals surface area (Å²) in [5.41, 5.74) is 3.18. The maximum atomic E-state index is 13.6. The first-order chi connectivity index (χ1) is 17.5. The summed E-state index contributed by atoms with van der Waals surface area (Å²) >= 11 is 0. The van der Waals surface area contributed by atoms with Gasteiger partial charge in [0.25, 0.3) is 5.56 Å². The molecule has 0 radical (unpaired) electrons. The number of rotatable bonds is 7. The van der Waals surface area contributed by atoms with Gasteiger partial charge in [-0.05, 0) is 44.5 Å². The van der Waals surface area contributed by atoms with E-state index < -0.39 is 5.97 Å². The Hall–Kier alpha value is -3.43. The molecule has 196 valence electrons. The van der Waals surface area contributed by atoms with Crippen LogP contribution in [0.1, 0.15) is 46.9 Å². The van der Waals surface area contributed by atoms with Gasteiger partial charge < -0.3 is 24.8 Å². The molecule has 2 aromatic heterocycles. The smallest absolute Gasteiger partial charge is 0.337 e. The Morgan fingerprint density at radius 2 is 1.89 bits per heavy atom. The number of aromatic carboxylic acids is 1. The number of ether oxygens (including phenoxy) is 2. The van der Waals surface area contributed by atoms with Gasteiger partial charge >= 0.3 is 5.97 Å². The molecule has 0 aliphatic carbocycles. The fourth-order valence-corrected chi connectivity index (χ4v) is 5.77. The van der Waals surface area contributed by atoms with Crippen molar-refractivity contribution in [2.75, 3.05) is 50.2 Å². The number of aromatic nitrogens is 2. The maximum absolute atomic E-state index is 13.6. The average molecular weight is 507 g/mol. The molecule has 3 aromatic rings. The second-order valence-electron chi connectivity index (χ2n) is 10.9. The minimum atomic E-state index is -1.00. The second-order valence-corrected chi connectivity index (χ2v) is 10.9. The zero-order chi connectivity index (χ0) is 26.5. The molecule has 2 N–H and O–H groups in total. The van der Waals surface area contributed by atoms with Gasteiger partial charge in [-0.1, -0.05) is 19.1 Å². The first-order valence-corrected chi connectivity index (χ1v) is 12.5. The summed E-state index contributed by atoms with van der Waals surface area (Å²) in [5.74, 6) is -0.375. The summed E-state index contributed by atoms with van der Waals surface area (Å²) in [4.78, 5) is 32.4. The number of pyridine rings is 1. The third-order valence-corrected chi connectivity index (χ3v) is 8.06. The van der Waals surface area contributed by atoms with Crippen molar-refractivity contribution in [3.63, 3.8) is 0 Å². The lowest BCUT2D eigenvalue weighted by Crippen LogP contribution is -2.47. The normalized spacial score (nSPS) is 23.7. The van der Waals surface area contributed by atoms with Crippen molar-refractivity contribution in [1.82, 2.24) is 9.38 Å². The number of nitrogens with one attached hydrogen (secondary N) is 1. The zero-order valence-corrected chi connectivity index (χ0v) is 22.0. The van der Waals surface area contributed by atoms with Crippen LogP contribution in [0.4, 0.5) is 11.5 Å². The largest absolute Gasteiger partial charge is 0.478 e. The summed E-state index contributed by atoms with van der Waals surface area (Å²) in [5, 5.41) is 12.9. The highest BCUT2D eigenvalue weighted by Crippen LogP contribution is 2.50. The number of hydrogen-bond acceptors (Lipinski definition) is 7. The molecule has 0 spiro atoms. The van der Waals surface area contributed by atoms with Gasteiger partial charge in [0.15, 0.2) is 0 Å². The predicted octanol–water partition coefficient (Wildman–Crippen LogP) is 3.67. The van der Waals surface area contributed by atoms with E-state index in [4.69, 9.17) is 14.5 Å². The molecular formula is C28H34N4O5. The number of hydrogen-bond donors (Lipinski definition) is 2. The Labute approximate surface area is 216 Å². The van der Waals surface area contributed by atoms with Crippen molar-refractivity contribution in [3.05, 3.63) is 69.1 Å². The van der Waals surface area contributed by atoms with E-state index in [2.05, 4.69) is 17.1 Å². The highest BCUT2D eigenvalue weighted by Gasteiger charge is 2.57. The summed E-state index contributed by atoms with van der Waals surface area (Å²) in [6.45, 7) is 11.1. The highest BCUT2D eigenvalue weighted by atomic mass is 16.5. The highest BCUT2D eigenvalue weighted by molar-refractivity contribution is 5.94. The first-order valence-electron chi connectivity index (χ1n) is 12.5. The van der Waals surface area contributed by atoms with Crippen molar-refractivity contribution in [1.29, 1.82) is 0 Å². The second kappa shape index (κ2) is 9.15. The minimum absolute atomic E-state index is 0.0701. The lowest BCUT2D eigenvalue weighted by molar-refractivity contribution is 0.0698. The van der Waals surface area contributed by atoms with Crippen molar-refractivity contribution in [2.45, 2.75) is 33.7 Å². The number of aryl methyl sites for hydroxylation is 1. The summed E-state index contributed by atoms with van der Waals surface area (Å²) < 4.78 is 13.4. The number of carboxylic acids is 1.